The van der Waals surface area contributed by atoms with Crippen LogP contribution in [0.4, 0.5) is 0 Å². The third-order valence-corrected chi connectivity index (χ3v) is 4.19. The van der Waals surface area contributed by atoms with Crippen molar-refractivity contribution >= 4 is 17.8 Å². The Kier molecular flexibility index (Phi) is 13.9. The summed E-state index contributed by atoms with van der Waals surface area (Å²) in [5.74, 6) is -0.724. The molecule has 0 aliphatic carbocycles. The number of oxazole rings is 1. The number of esters is 1. The fraction of sp³-hybridized carbons (Fsp3) is 0.714. The molecular weight excluding hydrogens is 406 g/mol. The van der Waals surface area contributed by atoms with Crippen molar-refractivity contribution in [3.63, 3.8) is 0 Å². The maximum Gasteiger partial charge on any atom is 0.306 e. The molecule has 0 spiro atoms. The first-order valence-electron chi connectivity index (χ1n) is 10.8. The van der Waals surface area contributed by atoms with E-state index in [1.54, 1.807) is 11.8 Å². The van der Waals surface area contributed by atoms with Gasteiger partial charge in [0.2, 0.25) is 11.8 Å². The summed E-state index contributed by atoms with van der Waals surface area (Å²) >= 11 is 0. The number of rotatable bonds is 17. The summed E-state index contributed by atoms with van der Waals surface area (Å²) in [6, 6.07) is 0. The van der Waals surface area contributed by atoms with E-state index >= 15 is 0 Å². The van der Waals surface area contributed by atoms with Crippen molar-refractivity contribution < 1.29 is 33.0 Å². The third-order valence-electron chi connectivity index (χ3n) is 4.19. The van der Waals surface area contributed by atoms with E-state index in [9.17, 15) is 14.4 Å². The lowest BCUT2D eigenvalue weighted by Gasteiger charge is -2.21. The summed E-state index contributed by atoms with van der Waals surface area (Å²) in [4.78, 5) is 42.1. The van der Waals surface area contributed by atoms with Gasteiger partial charge in [0.15, 0.2) is 5.69 Å². The number of carbonyl (C=O) groups is 3. The molecule has 0 fully saturated rings. The maximum atomic E-state index is 12.6. The van der Waals surface area contributed by atoms with Gasteiger partial charge in [-0.15, -0.1) is 0 Å². The third kappa shape index (κ3) is 11.5. The first kappa shape index (κ1) is 26.6. The highest BCUT2D eigenvalue weighted by Crippen LogP contribution is 2.10. The molecule has 0 aromatic carbocycles. The minimum absolute atomic E-state index is 0.00954. The Morgan fingerprint density at radius 2 is 1.74 bits per heavy atom. The van der Waals surface area contributed by atoms with Gasteiger partial charge in [-0.05, 0) is 33.6 Å². The molecule has 0 aliphatic rings. The highest BCUT2D eigenvalue weighted by Gasteiger charge is 2.19. The van der Waals surface area contributed by atoms with Crippen molar-refractivity contribution in [2.45, 2.75) is 53.0 Å². The number of nitrogens with one attached hydrogen (secondary N) is 1. The SMILES string of the molecule is CCOCCCNC(=O)c1coc(CN(CCCOCC)C(=O)CCC(=O)OCC)n1. The van der Waals surface area contributed by atoms with Gasteiger partial charge >= 0.3 is 5.97 Å². The Balaban J connectivity index is 2.61. The smallest absolute Gasteiger partial charge is 0.306 e. The quantitative estimate of drug-likeness (QED) is 0.288. The zero-order valence-corrected chi connectivity index (χ0v) is 18.8. The Bertz CT molecular complexity index is 663. The Hall–Kier alpha value is -2.46. The Morgan fingerprint density at radius 1 is 1.03 bits per heavy atom. The van der Waals surface area contributed by atoms with Crippen LogP contribution in [-0.4, -0.2) is 73.8 Å². The molecule has 2 amide bonds. The van der Waals surface area contributed by atoms with Crippen LogP contribution < -0.4 is 5.32 Å². The first-order chi connectivity index (χ1) is 15.0. The van der Waals surface area contributed by atoms with Crippen LogP contribution in [-0.2, 0) is 30.3 Å². The van der Waals surface area contributed by atoms with Crippen LogP contribution in [0.25, 0.3) is 0 Å². The number of amides is 2. The molecule has 31 heavy (non-hydrogen) atoms. The molecule has 0 bridgehead atoms. The van der Waals surface area contributed by atoms with E-state index in [0.29, 0.717) is 52.4 Å². The van der Waals surface area contributed by atoms with Gasteiger partial charge in [0.25, 0.3) is 5.91 Å². The van der Waals surface area contributed by atoms with Crippen molar-refractivity contribution in [2.24, 2.45) is 0 Å². The molecule has 0 unspecified atom stereocenters. The van der Waals surface area contributed by atoms with E-state index in [0.717, 1.165) is 0 Å². The lowest BCUT2D eigenvalue weighted by molar-refractivity contribution is -0.145. The second kappa shape index (κ2) is 16.3. The second-order valence-electron chi connectivity index (χ2n) is 6.60. The van der Waals surface area contributed by atoms with Gasteiger partial charge in [0.05, 0.1) is 19.6 Å². The van der Waals surface area contributed by atoms with Gasteiger partial charge in [-0.25, -0.2) is 4.98 Å². The number of hydrogen-bond acceptors (Lipinski definition) is 8. The number of nitrogens with zero attached hydrogens (tertiary/aromatic N) is 2. The van der Waals surface area contributed by atoms with Gasteiger partial charge in [0.1, 0.15) is 6.26 Å². The molecular formula is C21H35N3O7. The fourth-order valence-corrected chi connectivity index (χ4v) is 2.66. The van der Waals surface area contributed by atoms with Crippen molar-refractivity contribution in [1.82, 2.24) is 15.2 Å². The van der Waals surface area contributed by atoms with E-state index < -0.39 is 5.97 Å². The minimum Gasteiger partial charge on any atom is -0.466 e. The molecule has 0 aliphatic heterocycles. The largest absolute Gasteiger partial charge is 0.466 e. The average molecular weight is 442 g/mol. The standard InChI is InChI=1S/C21H35N3O7/c1-4-28-13-7-11-22-21(27)17-16-31-18(23-17)15-24(12-8-14-29-5-2)19(25)9-10-20(26)30-6-3/h16H,4-15H2,1-3H3,(H,22,27). The van der Waals surface area contributed by atoms with Gasteiger partial charge in [-0.3, -0.25) is 14.4 Å². The van der Waals surface area contributed by atoms with Gasteiger partial charge < -0.3 is 28.8 Å². The van der Waals surface area contributed by atoms with Crippen LogP contribution in [0.3, 0.4) is 0 Å². The molecule has 0 saturated carbocycles. The molecule has 10 nitrogen and oxygen atoms in total. The molecule has 10 heteroatoms. The van der Waals surface area contributed by atoms with E-state index in [1.807, 2.05) is 13.8 Å². The fourth-order valence-electron chi connectivity index (χ4n) is 2.66. The highest BCUT2D eigenvalue weighted by molar-refractivity contribution is 5.91. The summed E-state index contributed by atoms with van der Waals surface area (Å²) in [5.41, 5.74) is 0.152. The maximum absolute atomic E-state index is 12.6. The zero-order chi connectivity index (χ0) is 22.9. The summed E-state index contributed by atoms with van der Waals surface area (Å²) in [6.07, 6.45) is 2.64. The predicted molar refractivity (Wildman–Crippen MR) is 112 cm³/mol. The van der Waals surface area contributed by atoms with Crippen LogP contribution in [0.15, 0.2) is 10.7 Å². The van der Waals surface area contributed by atoms with Gasteiger partial charge in [-0.2, -0.15) is 0 Å². The monoisotopic (exact) mass is 441 g/mol. The van der Waals surface area contributed by atoms with Crippen molar-refractivity contribution in [1.29, 1.82) is 0 Å². The van der Waals surface area contributed by atoms with Crippen LogP contribution in [0, 0.1) is 0 Å². The summed E-state index contributed by atoms with van der Waals surface area (Å²) in [7, 11) is 0. The molecule has 1 heterocycles. The molecule has 0 atom stereocenters. The summed E-state index contributed by atoms with van der Waals surface area (Å²) < 4.78 is 20.8. The first-order valence-corrected chi connectivity index (χ1v) is 10.8. The minimum atomic E-state index is -0.412. The molecule has 1 aromatic heterocycles. The second-order valence-corrected chi connectivity index (χ2v) is 6.60. The highest BCUT2D eigenvalue weighted by atomic mass is 16.5. The molecule has 1 aromatic rings. The summed E-state index contributed by atoms with van der Waals surface area (Å²) in [6.45, 7) is 9.12. The van der Waals surface area contributed by atoms with E-state index in [2.05, 4.69) is 10.3 Å². The summed E-state index contributed by atoms with van der Waals surface area (Å²) in [5, 5.41) is 2.75. The van der Waals surface area contributed by atoms with Crippen molar-refractivity contribution in [3.8, 4) is 0 Å². The number of hydrogen-bond donors (Lipinski definition) is 1. The van der Waals surface area contributed by atoms with E-state index in [1.165, 1.54) is 6.26 Å². The molecule has 1 rings (SSSR count). The lowest BCUT2D eigenvalue weighted by atomic mass is 10.2. The van der Waals surface area contributed by atoms with E-state index in [-0.39, 0.29) is 49.4 Å². The van der Waals surface area contributed by atoms with Gasteiger partial charge in [0, 0.05) is 45.9 Å². The number of carbonyl (C=O) groups excluding carboxylic acids is 3. The zero-order valence-electron chi connectivity index (χ0n) is 18.8. The Morgan fingerprint density at radius 3 is 2.42 bits per heavy atom. The van der Waals surface area contributed by atoms with Crippen LogP contribution in [0.2, 0.25) is 0 Å². The number of ether oxygens (including phenoxy) is 3. The predicted octanol–water partition coefficient (Wildman–Crippen LogP) is 1.93. The number of aromatic nitrogens is 1. The topological polar surface area (TPSA) is 120 Å². The van der Waals surface area contributed by atoms with Crippen LogP contribution in [0.5, 0.6) is 0 Å². The van der Waals surface area contributed by atoms with Crippen LogP contribution >= 0.6 is 0 Å². The van der Waals surface area contributed by atoms with Crippen LogP contribution in [0.1, 0.15) is 62.8 Å². The molecule has 176 valence electrons. The van der Waals surface area contributed by atoms with Gasteiger partial charge in [-0.1, -0.05) is 0 Å². The molecule has 0 saturated heterocycles. The van der Waals surface area contributed by atoms with Crippen molar-refractivity contribution in [2.75, 3.05) is 46.1 Å². The Labute approximate surface area is 183 Å². The van der Waals surface area contributed by atoms with E-state index in [4.69, 9.17) is 18.6 Å². The average Bonchev–Trinajstić information content (AvgIpc) is 3.23. The molecule has 1 N–H and O–H groups in total. The lowest BCUT2D eigenvalue weighted by Crippen LogP contribution is -2.32. The molecule has 0 radical (unpaired) electrons. The van der Waals surface area contributed by atoms with Crippen molar-refractivity contribution in [3.05, 3.63) is 17.8 Å². The normalized spacial score (nSPS) is 10.7.